The fourth-order valence-electron chi connectivity index (χ4n) is 1.59. The van der Waals surface area contributed by atoms with E-state index >= 15 is 0 Å². The second kappa shape index (κ2) is 7.38. The molecule has 0 radical (unpaired) electrons. The summed E-state index contributed by atoms with van der Waals surface area (Å²) in [7, 11) is 0. The van der Waals surface area contributed by atoms with Gasteiger partial charge in [-0.25, -0.2) is 9.97 Å². The summed E-state index contributed by atoms with van der Waals surface area (Å²) in [6.07, 6.45) is 7.90. The third-order valence-corrected chi connectivity index (χ3v) is 2.40. The van der Waals surface area contributed by atoms with E-state index in [2.05, 4.69) is 9.97 Å². The molecule has 0 saturated heterocycles. The summed E-state index contributed by atoms with van der Waals surface area (Å²) >= 11 is 0. The molecule has 0 fully saturated rings. The van der Waals surface area contributed by atoms with Gasteiger partial charge in [0.05, 0.1) is 5.52 Å². The van der Waals surface area contributed by atoms with E-state index in [4.69, 9.17) is 0 Å². The molecule has 0 atom stereocenters. The Morgan fingerprint density at radius 2 is 1.83 bits per heavy atom. The Morgan fingerprint density at radius 1 is 1.11 bits per heavy atom. The fraction of sp³-hybridized carbons (Fsp3) is 0.250. The number of hydrogen-bond donors (Lipinski definition) is 0. The quantitative estimate of drug-likeness (QED) is 0.715. The normalized spacial score (nSPS) is 11.4. The van der Waals surface area contributed by atoms with Crippen molar-refractivity contribution in [3.05, 3.63) is 54.5 Å². The van der Waals surface area contributed by atoms with Crippen LogP contribution < -0.4 is 0 Å². The van der Waals surface area contributed by atoms with Crippen molar-refractivity contribution in [2.45, 2.75) is 27.7 Å². The second-order valence-corrected chi connectivity index (χ2v) is 3.50. The van der Waals surface area contributed by atoms with Crippen LogP contribution in [0.4, 0.5) is 0 Å². The first kappa shape index (κ1) is 14.1. The van der Waals surface area contributed by atoms with Crippen molar-refractivity contribution >= 4 is 16.5 Å². The van der Waals surface area contributed by atoms with Crippen LogP contribution in [0.25, 0.3) is 16.5 Å². The maximum Gasteiger partial charge on any atom is 0.159 e. The minimum atomic E-state index is 0.777. The zero-order chi connectivity index (χ0) is 13.4. The zero-order valence-corrected chi connectivity index (χ0v) is 11.5. The van der Waals surface area contributed by atoms with Gasteiger partial charge >= 0.3 is 0 Å². The second-order valence-electron chi connectivity index (χ2n) is 3.50. The topological polar surface area (TPSA) is 25.8 Å². The molecule has 0 unspecified atom stereocenters. The van der Waals surface area contributed by atoms with Crippen LogP contribution in [0.5, 0.6) is 0 Å². The SMILES string of the molecule is C/C=C\C(=C/C)c1ncc2ccccc2n1.CC. The van der Waals surface area contributed by atoms with Crippen LogP contribution in [0.1, 0.15) is 33.5 Å². The molecule has 94 valence electrons. The minimum absolute atomic E-state index is 0.777. The molecule has 0 aliphatic carbocycles. The van der Waals surface area contributed by atoms with Gasteiger partial charge in [0.25, 0.3) is 0 Å². The van der Waals surface area contributed by atoms with Crippen molar-refractivity contribution in [3.63, 3.8) is 0 Å². The maximum absolute atomic E-state index is 4.53. The van der Waals surface area contributed by atoms with E-state index in [1.165, 1.54) is 0 Å². The van der Waals surface area contributed by atoms with Crippen LogP contribution in [0.2, 0.25) is 0 Å². The molecule has 0 aliphatic heterocycles. The summed E-state index contributed by atoms with van der Waals surface area (Å²) in [5, 5.41) is 1.07. The summed E-state index contributed by atoms with van der Waals surface area (Å²) in [4.78, 5) is 8.90. The Balaban J connectivity index is 0.000000771. The number of aromatic nitrogens is 2. The zero-order valence-electron chi connectivity index (χ0n) is 11.5. The molecule has 0 bridgehead atoms. The summed E-state index contributed by atoms with van der Waals surface area (Å²) < 4.78 is 0. The lowest BCUT2D eigenvalue weighted by Crippen LogP contribution is -1.92. The molecule has 2 heteroatoms. The van der Waals surface area contributed by atoms with Crippen LogP contribution in [-0.2, 0) is 0 Å². The predicted octanol–water partition coefficient (Wildman–Crippen LogP) is 4.64. The number of fused-ring (bicyclic) bond motifs is 1. The molecule has 0 N–H and O–H groups in total. The summed E-state index contributed by atoms with van der Waals surface area (Å²) in [6.45, 7) is 7.98. The van der Waals surface area contributed by atoms with Crippen LogP contribution in [0.15, 0.2) is 48.7 Å². The van der Waals surface area contributed by atoms with Crippen molar-refractivity contribution in [1.29, 1.82) is 0 Å². The first-order valence-corrected chi connectivity index (χ1v) is 6.36. The van der Waals surface area contributed by atoms with E-state index in [-0.39, 0.29) is 0 Å². The van der Waals surface area contributed by atoms with Crippen LogP contribution in [0.3, 0.4) is 0 Å². The highest BCUT2D eigenvalue weighted by Crippen LogP contribution is 2.15. The van der Waals surface area contributed by atoms with E-state index in [9.17, 15) is 0 Å². The molecule has 2 rings (SSSR count). The highest BCUT2D eigenvalue weighted by atomic mass is 14.9. The Hall–Kier alpha value is -1.96. The summed E-state index contributed by atoms with van der Waals surface area (Å²) in [6, 6.07) is 8.01. The highest BCUT2D eigenvalue weighted by Gasteiger charge is 2.01. The molecule has 1 aromatic heterocycles. The summed E-state index contributed by atoms with van der Waals surface area (Å²) in [5.74, 6) is 0.777. The Morgan fingerprint density at radius 3 is 2.50 bits per heavy atom. The van der Waals surface area contributed by atoms with Crippen molar-refractivity contribution in [2.75, 3.05) is 0 Å². The minimum Gasteiger partial charge on any atom is -0.236 e. The molecule has 1 heterocycles. The van der Waals surface area contributed by atoms with Gasteiger partial charge < -0.3 is 0 Å². The molecule has 1 aromatic carbocycles. The van der Waals surface area contributed by atoms with Gasteiger partial charge in [-0.15, -0.1) is 0 Å². The van der Waals surface area contributed by atoms with E-state index < -0.39 is 0 Å². The fourth-order valence-corrected chi connectivity index (χ4v) is 1.59. The molecule has 2 aromatic rings. The third kappa shape index (κ3) is 3.27. The van der Waals surface area contributed by atoms with Crippen molar-refractivity contribution < 1.29 is 0 Å². The van der Waals surface area contributed by atoms with E-state index in [1.54, 1.807) is 0 Å². The van der Waals surface area contributed by atoms with Crippen LogP contribution in [-0.4, -0.2) is 9.97 Å². The van der Waals surface area contributed by atoms with Crippen LogP contribution in [0, 0.1) is 0 Å². The average Bonchev–Trinajstić information content (AvgIpc) is 2.46. The number of benzene rings is 1. The molecule has 2 nitrogen and oxygen atoms in total. The number of para-hydroxylation sites is 1. The van der Waals surface area contributed by atoms with E-state index in [1.807, 2.05) is 76.4 Å². The van der Waals surface area contributed by atoms with Crippen molar-refractivity contribution in [3.8, 4) is 0 Å². The predicted molar refractivity (Wildman–Crippen MR) is 79.4 cm³/mol. The van der Waals surface area contributed by atoms with Gasteiger partial charge in [-0.3, -0.25) is 0 Å². The van der Waals surface area contributed by atoms with Crippen molar-refractivity contribution in [1.82, 2.24) is 9.97 Å². The molecule has 0 amide bonds. The lowest BCUT2D eigenvalue weighted by molar-refractivity contribution is 1.17. The first-order valence-electron chi connectivity index (χ1n) is 6.36. The van der Waals surface area contributed by atoms with Gasteiger partial charge in [0, 0.05) is 17.2 Å². The lowest BCUT2D eigenvalue weighted by atomic mass is 10.2. The standard InChI is InChI=1S/C14H14N2.C2H6/c1-3-7-11(4-2)14-15-10-12-8-5-6-9-13(12)16-14;1-2/h3-10H,1-2H3;1-2H3/b7-3-,11-4+;. The smallest absolute Gasteiger partial charge is 0.159 e. The largest absolute Gasteiger partial charge is 0.236 e. The molecule has 0 spiro atoms. The van der Waals surface area contributed by atoms with Gasteiger partial charge in [0.15, 0.2) is 5.82 Å². The van der Waals surface area contributed by atoms with E-state index in [0.29, 0.717) is 0 Å². The van der Waals surface area contributed by atoms with Crippen LogP contribution >= 0.6 is 0 Å². The van der Waals surface area contributed by atoms with Gasteiger partial charge in [-0.05, 0) is 19.9 Å². The number of hydrogen-bond acceptors (Lipinski definition) is 2. The first-order chi connectivity index (χ1) is 8.85. The van der Waals surface area contributed by atoms with Gasteiger partial charge in [0.1, 0.15) is 0 Å². The molecule has 0 saturated carbocycles. The van der Waals surface area contributed by atoms with Gasteiger partial charge in [-0.2, -0.15) is 0 Å². The maximum atomic E-state index is 4.53. The highest BCUT2D eigenvalue weighted by molar-refractivity contribution is 5.80. The Labute approximate surface area is 109 Å². The molecular weight excluding hydrogens is 220 g/mol. The number of allylic oxidation sites excluding steroid dienone is 4. The molecule has 0 aliphatic rings. The third-order valence-electron chi connectivity index (χ3n) is 2.40. The van der Waals surface area contributed by atoms with Crippen molar-refractivity contribution in [2.24, 2.45) is 0 Å². The Kier molecular flexibility index (Phi) is 5.78. The summed E-state index contributed by atoms with van der Waals surface area (Å²) in [5.41, 5.74) is 2.03. The number of rotatable bonds is 2. The lowest BCUT2D eigenvalue weighted by Gasteiger charge is -2.02. The number of nitrogens with zero attached hydrogens (tertiary/aromatic N) is 2. The van der Waals surface area contributed by atoms with E-state index in [0.717, 1.165) is 22.3 Å². The molecular formula is C16H20N2. The monoisotopic (exact) mass is 240 g/mol. The van der Waals surface area contributed by atoms with Gasteiger partial charge in [-0.1, -0.05) is 50.3 Å². The van der Waals surface area contributed by atoms with Gasteiger partial charge in [0.2, 0.25) is 0 Å². The average molecular weight is 240 g/mol. The molecule has 18 heavy (non-hydrogen) atoms. The Bertz CT molecular complexity index is 554.